The van der Waals surface area contributed by atoms with Crippen molar-refractivity contribution in [3.05, 3.63) is 29.8 Å². The number of hydrogen-bond acceptors (Lipinski definition) is 3. The van der Waals surface area contributed by atoms with Gasteiger partial charge in [0.2, 0.25) is 5.91 Å². The number of nitrogens with zero attached hydrogens (tertiary/aromatic N) is 2. The van der Waals surface area contributed by atoms with E-state index in [1.54, 1.807) is 18.2 Å². The van der Waals surface area contributed by atoms with Crippen LogP contribution in [0.3, 0.4) is 0 Å². The summed E-state index contributed by atoms with van der Waals surface area (Å²) in [7, 11) is 0. The zero-order valence-corrected chi connectivity index (χ0v) is 19.3. The van der Waals surface area contributed by atoms with Gasteiger partial charge in [-0.15, -0.1) is 24.0 Å². The van der Waals surface area contributed by atoms with Gasteiger partial charge in [0.1, 0.15) is 5.75 Å². The number of aliphatic imine (C=N–C) groups is 1. The fraction of sp³-hybridized carbons (Fsp3) is 0.600. The summed E-state index contributed by atoms with van der Waals surface area (Å²) in [4.78, 5) is 18.7. The maximum absolute atomic E-state index is 12.5. The van der Waals surface area contributed by atoms with Gasteiger partial charge in [-0.2, -0.15) is 8.78 Å². The summed E-state index contributed by atoms with van der Waals surface area (Å²) < 4.78 is 29.6. The Morgan fingerprint density at radius 1 is 1.34 bits per heavy atom. The fourth-order valence-electron chi connectivity index (χ4n) is 3.21. The number of amides is 1. The van der Waals surface area contributed by atoms with E-state index in [0.717, 1.165) is 19.5 Å². The average molecular weight is 524 g/mol. The first-order valence-corrected chi connectivity index (χ1v) is 9.82. The van der Waals surface area contributed by atoms with Gasteiger partial charge in [0.25, 0.3) is 0 Å². The lowest BCUT2D eigenvalue weighted by atomic mass is 10.00. The Balaban J connectivity index is 0.00000420. The molecule has 2 rings (SSSR count). The van der Waals surface area contributed by atoms with Crippen LogP contribution in [0.5, 0.6) is 5.75 Å². The van der Waals surface area contributed by atoms with Crippen molar-refractivity contribution in [1.82, 2.24) is 15.5 Å². The Hall–Kier alpha value is -1.65. The van der Waals surface area contributed by atoms with Crippen molar-refractivity contribution < 1.29 is 18.3 Å². The lowest BCUT2D eigenvalue weighted by Crippen LogP contribution is -2.42. The van der Waals surface area contributed by atoms with Gasteiger partial charge in [-0.3, -0.25) is 4.79 Å². The van der Waals surface area contributed by atoms with Crippen LogP contribution < -0.4 is 15.4 Å². The molecule has 1 aromatic rings. The molecule has 0 bridgehead atoms. The number of piperidine rings is 1. The van der Waals surface area contributed by atoms with Crippen LogP contribution in [0.4, 0.5) is 8.78 Å². The summed E-state index contributed by atoms with van der Waals surface area (Å²) in [5.41, 5.74) is 0.568. The highest BCUT2D eigenvalue weighted by atomic mass is 127. The SMILES string of the molecule is CCNC(=NCc1ccccc1OC(F)F)NCCC(=O)N1CCCC(C)C1.I. The van der Waals surface area contributed by atoms with Crippen molar-refractivity contribution in [3.63, 3.8) is 0 Å². The lowest BCUT2D eigenvalue weighted by Gasteiger charge is -2.31. The van der Waals surface area contributed by atoms with Crippen LogP contribution in [0.1, 0.15) is 38.7 Å². The lowest BCUT2D eigenvalue weighted by molar-refractivity contribution is -0.132. The number of likely N-dealkylation sites (tertiary alicyclic amines) is 1. The quantitative estimate of drug-likeness (QED) is 0.310. The third-order valence-corrected chi connectivity index (χ3v) is 4.58. The second-order valence-electron chi connectivity index (χ2n) is 6.95. The summed E-state index contributed by atoms with van der Waals surface area (Å²) in [5.74, 6) is 1.35. The largest absolute Gasteiger partial charge is 0.434 e. The Kier molecular flexibility index (Phi) is 11.9. The summed E-state index contributed by atoms with van der Waals surface area (Å²) in [5, 5.41) is 6.23. The zero-order chi connectivity index (χ0) is 20.4. The normalized spacial score (nSPS) is 16.9. The molecule has 9 heteroatoms. The van der Waals surface area contributed by atoms with Crippen molar-refractivity contribution in [2.75, 3.05) is 26.2 Å². The molecule has 1 aromatic carbocycles. The van der Waals surface area contributed by atoms with Gasteiger partial charge in [-0.25, -0.2) is 4.99 Å². The highest BCUT2D eigenvalue weighted by Gasteiger charge is 2.20. The molecule has 1 fully saturated rings. The topological polar surface area (TPSA) is 66.0 Å². The van der Waals surface area contributed by atoms with Gasteiger partial charge in [0.05, 0.1) is 6.54 Å². The Morgan fingerprint density at radius 2 is 2.10 bits per heavy atom. The van der Waals surface area contributed by atoms with Crippen molar-refractivity contribution in [1.29, 1.82) is 0 Å². The summed E-state index contributed by atoms with van der Waals surface area (Å²) >= 11 is 0. The van der Waals surface area contributed by atoms with Crippen molar-refractivity contribution in [2.45, 2.75) is 46.3 Å². The molecule has 2 N–H and O–H groups in total. The molecule has 0 radical (unpaired) electrons. The molecule has 0 saturated carbocycles. The summed E-state index contributed by atoms with van der Waals surface area (Å²) in [6.45, 7) is 4.19. The van der Waals surface area contributed by atoms with Crippen LogP contribution in [0.15, 0.2) is 29.3 Å². The van der Waals surface area contributed by atoms with Crippen LogP contribution in [-0.2, 0) is 11.3 Å². The minimum atomic E-state index is -2.87. The number of hydrogen-bond donors (Lipinski definition) is 2. The Labute approximate surface area is 188 Å². The average Bonchev–Trinajstić information content (AvgIpc) is 2.66. The number of rotatable bonds is 8. The predicted octanol–water partition coefficient (Wildman–Crippen LogP) is 3.61. The van der Waals surface area contributed by atoms with Crippen LogP contribution in [0.25, 0.3) is 0 Å². The highest BCUT2D eigenvalue weighted by Crippen LogP contribution is 2.21. The standard InChI is InChI=1S/C20H30F2N4O2.HI/c1-3-23-20(24-11-10-18(27)26-12-6-7-15(2)14-26)25-13-16-8-4-5-9-17(16)28-19(21)22;/h4-5,8-9,15,19H,3,6-7,10-14H2,1-2H3,(H2,23,24,25);1H. The maximum atomic E-state index is 12.5. The Morgan fingerprint density at radius 3 is 2.79 bits per heavy atom. The molecule has 1 atom stereocenters. The monoisotopic (exact) mass is 524 g/mol. The first kappa shape index (κ1) is 25.4. The minimum Gasteiger partial charge on any atom is -0.434 e. The van der Waals surface area contributed by atoms with Crippen molar-refractivity contribution in [3.8, 4) is 5.75 Å². The van der Waals surface area contributed by atoms with E-state index >= 15 is 0 Å². The molecular formula is C20H31F2IN4O2. The fourth-order valence-corrected chi connectivity index (χ4v) is 3.21. The van der Waals surface area contributed by atoms with Crippen LogP contribution in [0.2, 0.25) is 0 Å². The molecule has 29 heavy (non-hydrogen) atoms. The van der Waals surface area contributed by atoms with Crippen molar-refractivity contribution in [2.24, 2.45) is 10.9 Å². The maximum Gasteiger partial charge on any atom is 0.387 e. The third-order valence-electron chi connectivity index (χ3n) is 4.58. The van der Waals surface area contributed by atoms with E-state index in [-0.39, 0.29) is 42.2 Å². The minimum absolute atomic E-state index is 0. The Bertz CT molecular complexity index is 661. The molecule has 1 heterocycles. The number of halogens is 3. The van der Waals surface area contributed by atoms with Crippen LogP contribution in [-0.4, -0.2) is 49.6 Å². The summed E-state index contributed by atoms with van der Waals surface area (Å²) in [6.07, 6.45) is 2.63. The number of benzene rings is 1. The first-order valence-electron chi connectivity index (χ1n) is 9.82. The van der Waals surface area contributed by atoms with E-state index in [1.807, 2.05) is 11.8 Å². The van der Waals surface area contributed by atoms with E-state index in [1.165, 1.54) is 12.5 Å². The second kappa shape index (κ2) is 13.6. The molecule has 1 unspecified atom stereocenters. The molecule has 0 spiro atoms. The molecule has 1 aliphatic rings. The molecule has 6 nitrogen and oxygen atoms in total. The predicted molar refractivity (Wildman–Crippen MR) is 121 cm³/mol. The number of alkyl halides is 2. The molecule has 1 saturated heterocycles. The van der Waals surface area contributed by atoms with Gasteiger partial charge in [-0.1, -0.05) is 25.1 Å². The van der Waals surface area contributed by atoms with Crippen LogP contribution in [0, 0.1) is 5.92 Å². The van der Waals surface area contributed by atoms with E-state index in [9.17, 15) is 13.6 Å². The number of carbonyl (C=O) groups is 1. The molecule has 1 aliphatic heterocycles. The zero-order valence-electron chi connectivity index (χ0n) is 17.0. The van der Waals surface area contributed by atoms with Gasteiger partial charge >= 0.3 is 6.61 Å². The number of ether oxygens (including phenoxy) is 1. The third kappa shape index (κ3) is 9.14. The smallest absolute Gasteiger partial charge is 0.387 e. The van der Waals surface area contributed by atoms with E-state index < -0.39 is 6.61 Å². The van der Waals surface area contributed by atoms with Gasteiger partial charge < -0.3 is 20.3 Å². The molecule has 0 aliphatic carbocycles. The molecule has 164 valence electrons. The number of guanidine groups is 1. The van der Waals surface area contributed by atoms with Crippen LogP contribution >= 0.6 is 24.0 Å². The number of carbonyl (C=O) groups excluding carboxylic acids is 1. The second-order valence-corrected chi connectivity index (χ2v) is 6.95. The molecular weight excluding hydrogens is 493 g/mol. The van der Waals surface area contributed by atoms with E-state index in [4.69, 9.17) is 0 Å². The van der Waals surface area contributed by atoms with Gasteiger partial charge in [0, 0.05) is 38.2 Å². The number of nitrogens with one attached hydrogen (secondary N) is 2. The summed E-state index contributed by atoms with van der Waals surface area (Å²) in [6, 6.07) is 6.59. The first-order chi connectivity index (χ1) is 13.5. The highest BCUT2D eigenvalue weighted by molar-refractivity contribution is 14.0. The van der Waals surface area contributed by atoms with Gasteiger partial charge in [0.15, 0.2) is 5.96 Å². The molecule has 0 aromatic heterocycles. The van der Waals surface area contributed by atoms with Crippen molar-refractivity contribution >= 4 is 35.8 Å². The van der Waals surface area contributed by atoms with E-state index in [0.29, 0.717) is 37.0 Å². The molecule has 1 amide bonds. The number of para-hydroxylation sites is 1. The van der Waals surface area contributed by atoms with Gasteiger partial charge in [-0.05, 0) is 31.7 Å². The van der Waals surface area contributed by atoms with E-state index in [2.05, 4.69) is 27.3 Å².